The van der Waals surface area contributed by atoms with Crippen molar-refractivity contribution in [2.45, 2.75) is 38.1 Å². The number of fused-ring (bicyclic) bond motifs is 1. The van der Waals surface area contributed by atoms with Gasteiger partial charge < -0.3 is 19.4 Å². The van der Waals surface area contributed by atoms with Crippen molar-refractivity contribution in [3.63, 3.8) is 0 Å². The maximum atomic E-state index is 5.97. The van der Waals surface area contributed by atoms with Crippen LogP contribution in [0.4, 0.5) is 0 Å². The maximum Gasteiger partial charge on any atom is 0.135 e. The molecule has 2 aromatic rings. The molecule has 0 amide bonds. The van der Waals surface area contributed by atoms with Crippen molar-refractivity contribution < 1.29 is 9.47 Å². The van der Waals surface area contributed by atoms with Gasteiger partial charge in [-0.2, -0.15) is 0 Å². The molecule has 0 unspecified atom stereocenters. The van der Waals surface area contributed by atoms with Crippen LogP contribution in [0.2, 0.25) is 0 Å². The first-order valence-corrected chi connectivity index (χ1v) is 8.43. The average molecular weight is 313 g/mol. The predicted octanol–water partition coefficient (Wildman–Crippen LogP) is 2.22. The van der Waals surface area contributed by atoms with E-state index in [4.69, 9.17) is 9.47 Å². The van der Waals surface area contributed by atoms with Crippen LogP contribution in [-0.2, 0) is 22.6 Å². The summed E-state index contributed by atoms with van der Waals surface area (Å²) in [6.45, 7) is 4.07. The van der Waals surface area contributed by atoms with E-state index < -0.39 is 0 Å². The first kappa shape index (κ1) is 14.9. The quantitative estimate of drug-likeness (QED) is 0.940. The number of ether oxygens (including phenoxy) is 2. The van der Waals surface area contributed by atoms with E-state index >= 15 is 0 Å². The van der Waals surface area contributed by atoms with E-state index in [0.29, 0.717) is 12.6 Å². The van der Waals surface area contributed by atoms with Crippen LogP contribution in [-0.4, -0.2) is 41.5 Å². The van der Waals surface area contributed by atoms with Crippen LogP contribution in [0.15, 0.2) is 36.5 Å². The third-order valence-corrected chi connectivity index (χ3v) is 4.70. The number of hydrogen-bond donors (Lipinski definition) is 1. The highest BCUT2D eigenvalue weighted by Gasteiger charge is 2.24. The monoisotopic (exact) mass is 313 g/mol. The second kappa shape index (κ2) is 6.83. The summed E-state index contributed by atoms with van der Waals surface area (Å²) in [5, 5.41) is 3.63. The molecule has 1 atom stereocenters. The van der Waals surface area contributed by atoms with E-state index in [0.717, 1.165) is 45.0 Å². The molecule has 1 aromatic heterocycles. The topological polar surface area (TPSA) is 48.3 Å². The number of nitrogens with one attached hydrogen (secondary N) is 1. The van der Waals surface area contributed by atoms with E-state index in [2.05, 4.69) is 39.1 Å². The Kier molecular flexibility index (Phi) is 4.41. The Balaban J connectivity index is 1.43. The van der Waals surface area contributed by atoms with Crippen molar-refractivity contribution in [1.82, 2.24) is 14.9 Å². The Morgan fingerprint density at radius 2 is 2.00 bits per heavy atom. The average Bonchev–Trinajstić information content (AvgIpc) is 3.05. The van der Waals surface area contributed by atoms with E-state index in [1.165, 1.54) is 11.3 Å². The van der Waals surface area contributed by atoms with Gasteiger partial charge in [-0.15, -0.1) is 0 Å². The number of hydrogen-bond acceptors (Lipinski definition) is 4. The highest BCUT2D eigenvalue weighted by atomic mass is 16.5. The van der Waals surface area contributed by atoms with Crippen LogP contribution in [0.25, 0.3) is 11.3 Å². The van der Waals surface area contributed by atoms with Gasteiger partial charge in [0.05, 0.1) is 24.5 Å². The highest BCUT2D eigenvalue weighted by Crippen LogP contribution is 2.24. The second-order valence-corrected chi connectivity index (χ2v) is 6.26. The van der Waals surface area contributed by atoms with Crippen LogP contribution in [0.1, 0.15) is 18.7 Å². The Morgan fingerprint density at radius 1 is 1.17 bits per heavy atom. The third kappa shape index (κ3) is 3.32. The van der Waals surface area contributed by atoms with Crippen LogP contribution < -0.4 is 5.32 Å². The fourth-order valence-corrected chi connectivity index (χ4v) is 3.34. The minimum absolute atomic E-state index is 0.196. The summed E-state index contributed by atoms with van der Waals surface area (Å²) in [6, 6.07) is 11.0. The van der Waals surface area contributed by atoms with Gasteiger partial charge >= 0.3 is 0 Å². The van der Waals surface area contributed by atoms with E-state index in [9.17, 15) is 0 Å². The molecule has 0 saturated carbocycles. The molecule has 5 nitrogen and oxygen atoms in total. The van der Waals surface area contributed by atoms with Gasteiger partial charge in [0.25, 0.3) is 0 Å². The Hall–Kier alpha value is -1.69. The summed E-state index contributed by atoms with van der Waals surface area (Å²) < 4.78 is 13.7. The highest BCUT2D eigenvalue weighted by molar-refractivity contribution is 5.59. The smallest absolute Gasteiger partial charge is 0.135 e. The van der Waals surface area contributed by atoms with Crippen molar-refractivity contribution in [3.05, 3.63) is 42.4 Å². The van der Waals surface area contributed by atoms with Crippen molar-refractivity contribution in [1.29, 1.82) is 0 Å². The van der Waals surface area contributed by atoms with Crippen LogP contribution in [0.3, 0.4) is 0 Å². The lowest BCUT2D eigenvalue weighted by molar-refractivity contribution is -0.00174. The van der Waals surface area contributed by atoms with Crippen molar-refractivity contribution in [2.24, 2.45) is 0 Å². The molecule has 1 N–H and O–H groups in total. The largest absolute Gasteiger partial charge is 0.381 e. The van der Waals surface area contributed by atoms with Gasteiger partial charge in [-0.3, -0.25) is 0 Å². The summed E-state index contributed by atoms with van der Waals surface area (Å²) >= 11 is 0. The number of rotatable bonds is 4. The van der Waals surface area contributed by atoms with E-state index in [1.807, 2.05) is 12.3 Å². The molecule has 23 heavy (non-hydrogen) atoms. The summed E-state index contributed by atoms with van der Waals surface area (Å²) in [6.07, 6.45) is 4.35. The molecule has 0 bridgehead atoms. The number of nitrogens with zero attached hydrogens (tertiary/aromatic N) is 2. The maximum absolute atomic E-state index is 5.97. The first-order valence-electron chi connectivity index (χ1n) is 8.43. The third-order valence-electron chi connectivity index (χ3n) is 4.70. The molecule has 1 fully saturated rings. The van der Waals surface area contributed by atoms with Gasteiger partial charge in [-0.05, 0) is 18.4 Å². The molecule has 1 aromatic carbocycles. The molecule has 3 heterocycles. The molecular formula is C18H23N3O2. The molecule has 0 spiro atoms. The Labute approximate surface area is 136 Å². The zero-order valence-corrected chi connectivity index (χ0v) is 13.3. The lowest BCUT2D eigenvalue weighted by atomic mass is 10.1. The van der Waals surface area contributed by atoms with Crippen LogP contribution in [0, 0.1) is 0 Å². The Morgan fingerprint density at radius 3 is 2.83 bits per heavy atom. The molecule has 0 aliphatic carbocycles. The lowest BCUT2D eigenvalue weighted by Gasteiger charge is -2.29. The zero-order valence-electron chi connectivity index (χ0n) is 13.3. The number of imidazole rings is 1. The fraction of sp³-hybridized carbons (Fsp3) is 0.500. The normalized spacial score (nSPS) is 22.0. The van der Waals surface area contributed by atoms with Crippen LogP contribution in [0.5, 0.6) is 0 Å². The van der Waals surface area contributed by atoms with Gasteiger partial charge in [0.2, 0.25) is 0 Å². The summed E-state index contributed by atoms with van der Waals surface area (Å²) in [4.78, 5) is 4.52. The molecule has 2 aliphatic rings. The first-order chi connectivity index (χ1) is 11.4. The van der Waals surface area contributed by atoms with Gasteiger partial charge in [0.1, 0.15) is 12.4 Å². The van der Waals surface area contributed by atoms with E-state index in [1.54, 1.807) is 0 Å². The molecular weight excluding hydrogens is 290 g/mol. The van der Waals surface area contributed by atoms with Gasteiger partial charge in [-0.25, -0.2) is 4.98 Å². The van der Waals surface area contributed by atoms with Gasteiger partial charge in [0.15, 0.2) is 0 Å². The minimum Gasteiger partial charge on any atom is -0.381 e. The number of benzene rings is 1. The lowest BCUT2D eigenvalue weighted by Crippen LogP contribution is -2.42. The molecule has 122 valence electrons. The van der Waals surface area contributed by atoms with Crippen molar-refractivity contribution in [2.75, 3.05) is 19.8 Å². The van der Waals surface area contributed by atoms with Crippen LogP contribution >= 0.6 is 0 Å². The minimum atomic E-state index is 0.196. The van der Waals surface area contributed by atoms with Gasteiger partial charge in [-0.1, -0.05) is 30.3 Å². The molecule has 5 heteroatoms. The number of aromatic nitrogens is 2. The standard InChI is InChI=1S/C18H23N3O2/c1-2-4-14(5-3-1)17-11-20-18-13-23-16(12-21(17)18)10-19-15-6-8-22-9-7-15/h1-5,11,15-16,19H,6-10,12-13H2/t16-/m0/s1. The zero-order chi connectivity index (χ0) is 15.5. The summed E-state index contributed by atoms with van der Waals surface area (Å²) in [5.74, 6) is 1.02. The van der Waals surface area contributed by atoms with Crippen molar-refractivity contribution >= 4 is 0 Å². The molecule has 0 radical (unpaired) electrons. The Bertz CT molecular complexity index is 635. The second-order valence-electron chi connectivity index (χ2n) is 6.26. The summed E-state index contributed by atoms with van der Waals surface area (Å²) in [7, 11) is 0. The summed E-state index contributed by atoms with van der Waals surface area (Å²) in [5.41, 5.74) is 2.39. The SMILES string of the molecule is c1ccc(-c2cnc3n2C[C@H](CNC2CCOCC2)OC3)cc1. The molecule has 4 rings (SSSR count). The van der Waals surface area contributed by atoms with Crippen molar-refractivity contribution in [3.8, 4) is 11.3 Å². The fourth-order valence-electron chi connectivity index (χ4n) is 3.34. The molecule has 1 saturated heterocycles. The van der Waals surface area contributed by atoms with E-state index in [-0.39, 0.29) is 6.10 Å². The predicted molar refractivity (Wildman–Crippen MR) is 88.1 cm³/mol. The molecule has 2 aliphatic heterocycles. The van der Waals surface area contributed by atoms with Gasteiger partial charge in [0, 0.05) is 25.8 Å².